The number of benzene rings is 2. The standard InChI is InChI=1S/C26H28N2O2/c1-18-11-12-25(30-3)22(14-18)17-26(29)28-13-7-10-24(28)23-16-21(15-19(2)27-23)20-8-5-4-6-9-20/h4-6,8-9,11-12,14-16,24H,7,10,13,17H2,1-3H3. The number of nitrogens with zero attached hydrogens (tertiary/aromatic N) is 2. The molecule has 2 aromatic carbocycles. The molecular formula is C26H28N2O2. The number of carbonyl (C=O) groups excluding carboxylic acids is 1. The van der Waals surface area contributed by atoms with E-state index in [1.807, 2.05) is 55.1 Å². The zero-order valence-electron chi connectivity index (χ0n) is 17.9. The fourth-order valence-electron chi connectivity index (χ4n) is 4.34. The minimum atomic E-state index is 0.0238. The second kappa shape index (κ2) is 8.70. The summed E-state index contributed by atoms with van der Waals surface area (Å²) in [5.74, 6) is 0.899. The number of hydrogen-bond donors (Lipinski definition) is 0. The molecule has 1 amide bonds. The van der Waals surface area contributed by atoms with Gasteiger partial charge in [0.25, 0.3) is 0 Å². The summed E-state index contributed by atoms with van der Waals surface area (Å²) in [5.41, 5.74) is 6.35. The zero-order valence-corrected chi connectivity index (χ0v) is 17.9. The van der Waals surface area contributed by atoms with E-state index in [0.717, 1.165) is 53.2 Å². The summed E-state index contributed by atoms with van der Waals surface area (Å²) in [5, 5.41) is 0. The van der Waals surface area contributed by atoms with Crippen molar-refractivity contribution in [2.45, 2.75) is 39.2 Å². The number of methoxy groups -OCH3 is 1. The first kappa shape index (κ1) is 20.1. The highest BCUT2D eigenvalue weighted by Gasteiger charge is 2.31. The summed E-state index contributed by atoms with van der Waals surface area (Å²) < 4.78 is 5.47. The van der Waals surface area contributed by atoms with Crippen LogP contribution in [0.4, 0.5) is 0 Å². The molecule has 1 aromatic heterocycles. The summed E-state index contributed by atoms with van der Waals surface area (Å²) in [6.45, 7) is 4.83. The largest absolute Gasteiger partial charge is 0.496 e. The molecule has 0 saturated carbocycles. The molecule has 154 valence electrons. The van der Waals surface area contributed by atoms with E-state index >= 15 is 0 Å². The van der Waals surface area contributed by atoms with Crippen molar-refractivity contribution in [2.75, 3.05) is 13.7 Å². The van der Waals surface area contributed by atoms with Crippen LogP contribution in [0, 0.1) is 13.8 Å². The normalized spacial score (nSPS) is 16.0. The zero-order chi connectivity index (χ0) is 21.1. The molecule has 1 saturated heterocycles. The van der Waals surface area contributed by atoms with Gasteiger partial charge in [0.1, 0.15) is 5.75 Å². The summed E-state index contributed by atoms with van der Waals surface area (Å²) in [6.07, 6.45) is 2.29. The molecule has 1 aliphatic rings. The molecule has 1 unspecified atom stereocenters. The molecule has 0 N–H and O–H groups in total. The molecule has 0 spiro atoms. The third-order valence-corrected chi connectivity index (χ3v) is 5.77. The highest BCUT2D eigenvalue weighted by Crippen LogP contribution is 2.34. The van der Waals surface area contributed by atoms with Gasteiger partial charge in [-0.2, -0.15) is 0 Å². The maximum absolute atomic E-state index is 13.3. The second-order valence-corrected chi connectivity index (χ2v) is 8.03. The molecule has 1 fully saturated rings. The van der Waals surface area contributed by atoms with Crippen molar-refractivity contribution in [2.24, 2.45) is 0 Å². The lowest BCUT2D eigenvalue weighted by atomic mass is 10.0. The third kappa shape index (κ3) is 4.23. The van der Waals surface area contributed by atoms with Gasteiger partial charge in [-0.3, -0.25) is 9.78 Å². The average molecular weight is 401 g/mol. The third-order valence-electron chi connectivity index (χ3n) is 5.77. The molecule has 0 aliphatic carbocycles. The lowest BCUT2D eigenvalue weighted by molar-refractivity contribution is -0.131. The number of pyridine rings is 1. The first-order valence-electron chi connectivity index (χ1n) is 10.5. The van der Waals surface area contributed by atoms with Crippen molar-refractivity contribution in [3.05, 3.63) is 83.2 Å². The van der Waals surface area contributed by atoms with E-state index in [1.165, 1.54) is 5.56 Å². The minimum absolute atomic E-state index is 0.0238. The molecule has 3 aromatic rings. The predicted octanol–water partition coefficient (Wildman–Crippen LogP) is 5.28. The smallest absolute Gasteiger partial charge is 0.227 e. The van der Waals surface area contributed by atoms with Gasteiger partial charge in [-0.15, -0.1) is 0 Å². The van der Waals surface area contributed by atoms with Gasteiger partial charge in [0, 0.05) is 17.8 Å². The lowest BCUT2D eigenvalue weighted by Crippen LogP contribution is -2.32. The Kier molecular flexibility index (Phi) is 5.84. The van der Waals surface area contributed by atoms with Gasteiger partial charge >= 0.3 is 0 Å². The summed E-state index contributed by atoms with van der Waals surface area (Å²) in [4.78, 5) is 20.1. The van der Waals surface area contributed by atoms with E-state index in [9.17, 15) is 4.79 Å². The van der Waals surface area contributed by atoms with Crippen molar-refractivity contribution in [3.8, 4) is 16.9 Å². The van der Waals surface area contributed by atoms with Crippen LogP contribution in [0.1, 0.15) is 41.4 Å². The molecule has 4 rings (SSSR count). The van der Waals surface area contributed by atoms with Gasteiger partial charge in [0.15, 0.2) is 0 Å². The van der Waals surface area contributed by atoms with Crippen molar-refractivity contribution in [3.63, 3.8) is 0 Å². The van der Waals surface area contributed by atoms with Crippen LogP contribution in [-0.2, 0) is 11.2 Å². The fraction of sp³-hybridized carbons (Fsp3) is 0.308. The topological polar surface area (TPSA) is 42.4 Å². The fourth-order valence-corrected chi connectivity index (χ4v) is 4.34. The number of carbonyl (C=O) groups is 1. The number of ether oxygens (including phenoxy) is 1. The number of aromatic nitrogens is 1. The van der Waals surface area contributed by atoms with Crippen molar-refractivity contribution >= 4 is 5.91 Å². The predicted molar refractivity (Wildman–Crippen MR) is 120 cm³/mol. The molecule has 1 aliphatic heterocycles. The van der Waals surface area contributed by atoms with Crippen molar-refractivity contribution in [1.82, 2.24) is 9.88 Å². The second-order valence-electron chi connectivity index (χ2n) is 8.03. The molecule has 0 bridgehead atoms. The first-order valence-corrected chi connectivity index (χ1v) is 10.5. The molecule has 30 heavy (non-hydrogen) atoms. The Morgan fingerprint density at radius 3 is 2.63 bits per heavy atom. The average Bonchev–Trinajstić information content (AvgIpc) is 3.24. The van der Waals surface area contributed by atoms with Crippen LogP contribution < -0.4 is 4.74 Å². The Bertz CT molecular complexity index is 1050. The van der Waals surface area contributed by atoms with Crippen LogP contribution in [-0.4, -0.2) is 29.4 Å². The highest BCUT2D eigenvalue weighted by atomic mass is 16.5. The number of aryl methyl sites for hydroxylation is 2. The van der Waals surface area contributed by atoms with Gasteiger partial charge in [0.05, 0.1) is 25.3 Å². The quantitative estimate of drug-likeness (QED) is 0.585. The van der Waals surface area contributed by atoms with Crippen LogP contribution in [0.15, 0.2) is 60.7 Å². The maximum atomic E-state index is 13.3. The maximum Gasteiger partial charge on any atom is 0.227 e. The molecule has 4 nitrogen and oxygen atoms in total. The van der Waals surface area contributed by atoms with Crippen LogP contribution in [0.3, 0.4) is 0 Å². The Hall–Kier alpha value is -3.14. The van der Waals surface area contributed by atoms with Crippen LogP contribution >= 0.6 is 0 Å². The Morgan fingerprint density at radius 2 is 1.87 bits per heavy atom. The van der Waals surface area contributed by atoms with Crippen molar-refractivity contribution in [1.29, 1.82) is 0 Å². The monoisotopic (exact) mass is 400 g/mol. The van der Waals surface area contributed by atoms with Gasteiger partial charge < -0.3 is 9.64 Å². The van der Waals surface area contributed by atoms with E-state index in [-0.39, 0.29) is 11.9 Å². The Balaban J connectivity index is 1.60. The van der Waals surface area contributed by atoms with E-state index in [1.54, 1.807) is 7.11 Å². The lowest BCUT2D eigenvalue weighted by Gasteiger charge is -2.25. The van der Waals surface area contributed by atoms with E-state index in [2.05, 4.69) is 24.3 Å². The molecule has 4 heteroatoms. The Labute approximate surface area is 178 Å². The molecular weight excluding hydrogens is 372 g/mol. The van der Waals surface area contributed by atoms with Gasteiger partial charge in [-0.25, -0.2) is 0 Å². The van der Waals surface area contributed by atoms with E-state index in [4.69, 9.17) is 9.72 Å². The number of amides is 1. The van der Waals surface area contributed by atoms with E-state index in [0.29, 0.717) is 6.42 Å². The molecule has 0 radical (unpaired) electrons. The van der Waals surface area contributed by atoms with Gasteiger partial charge in [-0.05, 0) is 56.0 Å². The minimum Gasteiger partial charge on any atom is -0.496 e. The van der Waals surface area contributed by atoms with Gasteiger partial charge in [0.2, 0.25) is 5.91 Å². The van der Waals surface area contributed by atoms with Gasteiger partial charge in [-0.1, -0.05) is 48.0 Å². The molecule has 2 heterocycles. The van der Waals surface area contributed by atoms with Crippen LogP contribution in [0.5, 0.6) is 5.75 Å². The SMILES string of the molecule is COc1ccc(C)cc1CC(=O)N1CCCC1c1cc(-c2ccccc2)cc(C)n1. The summed E-state index contributed by atoms with van der Waals surface area (Å²) >= 11 is 0. The number of likely N-dealkylation sites (tertiary alicyclic amines) is 1. The van der Waals surface area contributed by atoms with Crippen LogP contribution in [0.25, 0.3) is 11.1 Å². The number of hydrogen-bond acceptors (Lipinski definition) is 3. The van der Waals surface area contributed by atoms with E-state index < -0.39 is 0 Å². The molecule has 1 atom stereocenters. The first-order chi connectivity index (χ1) is 14.5. The number of rotatable bonds is 5. The summed E-state index contributed by atoms with van der Waals surface area (Å²) in [6, 6.07) is 20.6. The van der Waals surface area contributed by atoms with Crippen LogP contribution in [0.2, 0.25) is 0 Å². The summed E-state index contributed by atoms with van der Waals surface area (Å²) in [7, 11) is 1.65. The highest BCUT2D eigenvalue weighted by molar-refractivity contribution is 5.80. The Morgan fingerprint density at radius 1 is 1.07 bits per heavy atom. The van der Waals surface area contributed by atoms with Crippen molar-refractivity contribution < 1.29 is 9.53 Å².